The minimum Gasteiger partial charge on any atom is -0.493 e. The number of aromatic nitrogens is 1. The number of hydrogen-bond acceptors (Lipinski definition) is 5. The number of anilines is 1. The molecule has 3 rings (SSSR count). The first-order valence-electron chi connectivity index (χ1n) is 8.91. The predicted octanol–water partition coefficient (Wildman–Crippen LogP) is 4.18. The third-order valence-electron chi connectivity index (χ3n) is 4.57. The van der Waals surface area contributed by atoms with Crippen molar-refractivity contribution in [3.05, 3.63) is 58.9 Å². The first kappa shape index (κ1) is 21.8. The number of amides is 1. The van der Waals surface area contributed by atoms with Gasteiger partial charge in [-0.2, -0.15) is 13.2 Å². The molecule has 0 bridgehead atoms. The number of ether oxygens (including phenoxy) is 2. The Morgan fingerprint density at radius 1 is 1.27 bits per heavy atom. The molecule has 0 saturated heterocycles. The van der Waals surface area contributed by atoms with E-state index in [-0.39, 0.29) is 23.3 Å². The van der Waals surface area contributed by atoms with Crippen LogP contribution in [0.3, 0.4) is 0 Å². The number of rotatable bonds is 6. The molecular weight excluding hydrogens is 423 g/mol. The van der Waals surface area contributed by atoms with E-state index in [0.717, 1.165) is 11.6 Å². The number of methoxy groups -OCH3 is 2. The minimum absolute atomic E-state index is 0.0877. The summed E-state index contributed by atoms with van der Waals surface area (Å²) in [5.74, 6) is 0.883. The molecule has 1 aromatic carbocycles. The Hall–Kier alpha value is -2.94. The molecule has 1 N–H and O–H groups in total. The summed E-state index contributed by atoms with van der Waals surface area (Å²) in [7, 11) is 3.05. The summed E-state index contributed by atoms with van der Waals surface area (Å²) in [4.78, 5) is 18.0. The number of pyridine rings is 1. The van der Waals surface area contributed by atoms with Gasteiger partial charge in [-0.05, 0) is 30.2 Å². The van der Waals surface area contributed by atoms with Crippen LogP contribution in [-0.4, -0.2) is 31.2 Å². The zero-order chi connectivity index (χ0) is 21.9. The van der Waals surface area contributed by atoms with E-state index in [1.54, 1.807) is 30.5 Å². The normalized spacial score (nSPS) is 15.9. The van der Waals surface area contributed by atoms with E-state index in [0.29, 0.717) is 24.1 Å². The van der Waals surface area contributed by atoms with Crippen LogP contribution in [0.5, 0.6) is 11.5 Å². The highest BCUT2D eigenvalue weighted by molar-refractivity contribution is 6.33. The molecule has 0 aliphatic carbocycles. The van der Waals surface area contributed by atoms with Gasteiger partial charge in [-0.1, -0.05) is 23.7 Å². The molecule has 1 aromatic heterocycles. The second kappa shape index (κ2) is 8.83. The maximum Gasteiger partial charge on any atom is 0.417 e. The highest BCUT2D eigenvalue weighted by Gasteiger charge is 2.34. The Morgan fingerprint density at radius 3 is 2.63 bits per heavy atom. The Kier molecular flexibility index (Phi) is 6.40. The first-order chi connectivity index (χ1) is 14.2. The van der Waals surface area contributed by atoms with Gasteiger partial charge in [0.25, 0.3) is 0 Å². The zero-order valence-electron chi connectivity index (χ0n) is 16.2. The van der Waals surface area contributed by atoms with E-state index in [1.807, 2.05) is 0 Å². The fraction of sp³-hybridized carbons (Fsp3) is 0.300. The van der Waals surface area contributed by atoms with Crippen molar-refractivity contribution in [3.8, 4) is 11.5 Å². The van der Waals surface area contributed by atoms with Crippen molar-refractivity contribution in [2.24, 2.45) is 0 Å². The summed E-state index contributed by atoms with van der Waals surface area (Å²) >= 11 is 6.02. The van der Waals surface area contributed by atoms with Gasteiger partial charge >= 0.3 is 6.18 Å². The molecule has 0 spiro atoms. The average Bonchev–Trinajstić information content (AvgIpc) is 3.20. The Morgan fingerprint density at radius 2 is 2.00 bits per heavy atom. The largest absolute Gasteiger partial charge is 0.493 e. The van der Waals surface area contributed by atoms with Gasteiger partial charge in [0.15, 0.2) is 17.3 Å². The molecule has 1 atom stereocenters. The van der Waals surface area contributed by atoms with Crippen molar-refractivity contribution in [3.63, 3.8) is 0 Å². The van der Waals surface area contributed by atoms with Gasteiger partial charge in [-0.15, -0.1) is 0 Å². The highest BCUT2D eigenvalue weighted by Crippen LogP contribution is 2.35. The monoisotopic (exact) mass is 441 g/mol. The lowest BCUT2D eigenvalue weighted by Gasteiger charge is -2.25. The quantitative estimate of drug-likeness (QED) is 0.728. The average molecular weight is 442 g/mol. The van der Waals surface area contributed by atoms with Crippen molar-refractivity contribution in [2.45, 2.75) is 25.2 Å². The lowest BCUT2D eigenvalue weighted by Crippen LogP contribution is -2.42. The Labute approximate surface area is 176 Å². The summed E-state index contributed by atoms with van der Waals surface area (Å²) in [5.41, 5.74) is -0.155. The molecule has 2 heterocycles. The van der Waals surface area contributed by atoms with E-state index < -0.39 is 17.8 Å². The topological polar surface area (TPSA) is 63.7 Å². The predicted molar refractivity (Wildman–Crippen MR) is 106 cm³/mol. The molecule has 1 unspecified atom stereocenters. The molecule has 160 valence electrons. The van der Waals surface area contributed by atoms with Gasteiger partial charge < -0.3 is 19.7 Å². The van der Waals surface area contributed by atoms with Gasteiger partial charge in [0.05, 0.1) is 24.8 Å². The maximum absolute atomic E-state index is 12.8. The summed E-state index contributed by atoms with van der Waals surface area (Å²) < 4.78 is 48.9. The van der Waals surface area contributed by atoms with Gasteiger partial charge in [0, 0.05) is 18.9 Å². The van der Waals surface area contributed by atoms with Crippen molar-refractivity contribution in [1.82, 2.24) is 10.3 Å². The lowest BCUT2D eigenvalue weighted by molar-refractivity contribution is -0.137. The highest BCUT2D eigenvalue weighted by atomic mass is 35.5. The fourth-order valence-electron chi connectivity index (χ4n) is 3.05. The van der Waals surface area contributed by atoms with Crippen molar-refractivity contribution >= 4 is 23.3 Å². The van der Waals surface area contributed by atoms with Crippen LogP contribution in [-0.2, 0) is 17.5 Å². The van der Waals surface area contributed by atoms with Crippen LogP contribution >= 0.6 is 11.6 Å². The molecule has 2 aromatic rings. The van der Waals surface area contributed by atoms with Crippen LogP contribution < -0.4 is 19.7 Å². The third-order valence-corrected chi connectivity index (χ3v) is 4.85. The molecular formula is C20H19ClF3N3O3. The van der Waals surface area contributed by atoms with Crippen LogP contribution in [0.15, 0.2) is 42.7 Å². The number of hydrogen-bond donors (Lipinski definition) is 1. The summed E-state index contributed by atoms with van der Waals surface area (Å²) in [5, 5.41) is 2.63. The number of carbonyl (C=O) groups is 1. The van der Waals surface area contributed by atoms with Gasteiger partial charge in [0.2, 0.25) is 5.91 Å². The smallest absolute Gasteiger partial charge is 0.417 e. The van der Waals surface area contributed by atoms with Gasteiger partial charge in [-0.3, -0.25) is 4.79 Å². The molecule has 1 aliphatic rings. The maximum atomic E-state index is 12.8. The number of benzene rings is 1. The molecule has 6 nitrogen and oxygen atoms in total. The summed E-state index contributed by atoms with van der Waals surface area (Å²) in [6.45, 7) is 0.234. The van der Waals surface area contributed by atoms with E-state index in [9.17, 15) is 18.0 Å². The zero-order valence-corrected chi connectivity index (χ0v) is 16.9. The number of nitrogens with zero attached hydrogens (tertiary/aromatic N) is 2. The van der Waals surface area contributed by atoms with Crippen molar-refractivity contribution in [1.29, 1.82) is 0 Å². The van der Waals surface area contributed by atoms with Gasteiger partial charge in [-0.25, -0.2) is 4.98 Å². The fourth-order valence-corrected chi connectivity index (χ4v) is 3.31. The molecule has 0 saturated carbocycles. The summed E-state index contributed by atoms with van der Waals surface area (Å²) in [6, 6.07) is 5.40. The van der Waals surface area contributed by atoms with E-state index in [4.69, 9.17) is 21.1 Å². The van der Waals surface area contributed by atoms with Crippen LogP contribution in [0.1, 0.15) is 17.5 Å². The Bertz CT molecular complexity index is 966. The second-order valence-electron chi connectivity index (χ2n) is 6.48. The molecule has 0 fully saturated rings. The SMILES string of the molecule is COc1ccc(CNC(=O)C2CC=CN2c2ncc(C(F)(F)F)cc2Cl)cc1OC. The lowest BCUT2D eigenvalue weighted by atomic mass is 10.1. The van der Waals surface area contributed by atoms with E-state index >= 15 is 0 Å². The number of alkyl halides is 3. The summed E-state index contributed by atoms with van der Waals surface area (Å²) in [6.07, 6.45) is -0.159. The second-order valence-corrected chi connectivity index (χ2v) is 6.89. The minimum atomic E-state index is -4.55. The molecule has 10 heteroatoms. The third kappa shape index (κ3) is 4.62. The first-order valence-corrected chi connectivity index (χ1v) is 9.28. The molecule has 1 amide bonds. The van der Waals surface area contributed by atoms with Gasteiger partial charge in [0.1, 0.15) is 6.04 Å². The van der Waals surface area contributed by atoms with E-state index in [2.05, 4.69) is 10.3 Å². The van der Waals surface area contributed by atoms with E-state index in [1.165, 1.54) is 19.1 Å². The van der Waals surface area contributed by atoms with Crippen LogP contribution in [0.2, 0.25) is 5.02 Å². The Balaban J connectivity index is 1.71. The molecule has 30 heavy (non-hydrogen) atoms. The van der Waals surface area contributed by atoms with Crippen LogP contribution in [0, 0.1) is 0 Å². The number of carbonyl (C=O) groups excluding carboxylic acids is 1. The number of nitrogens with one attached hydrogen (secondary N) is 1. The van der Waals surface area contributed by atoms with Crippen LogP contribution in [0.25, 0.3) is 0 Å². The van der Waals surface area contributed by atoms with Crippen molar-refractivity contribution in [2.75, 3.05) is 19.1 Å². The van der Waals surface area contributed by atoms with Crippen LogP contribution in [0.4, 0.5) is 19.0 Å². The standard InChI is InChI=1S/C20H19ClF3N3O3/c1-29-16-6-5-12(8-17(16)30-2)10-26-19(28)15-4-3-7-27(15)18-14(21)9-13(11-25-18)20(22,23)24/h3,5-9,11,15H,4,10H2,1-2H3,(H,26,28). The molecule has 1 aliphatic heterocycles. The van der Waals surface area contributed by atoms with Crippen molar-refractivity contribution < 1.29 is 27.4 Å². The molecule has 0 radical (unpaired) electrons. The number of halogens is 4.